The molecule has 1 spiro atoms. The molecule has 5 heteroatoms. The molecule has 3 aromatic carbocycles. The van der Waals surface area contributed by atoms with Gasteiger partial charge in [-0.05, 0) is 36.9 Å². The summed E-state index contributed by atoms with van der Waals surface area (Å²) in [5.74, 6) is 0.643. The second kappa shape index (κ2) is 6.58. The van der Waals surface area contributed by atoms with E-state index in [-0.39, 0.29) is 5.41 Å². The fourth-order valence-corrected chi connectivity index (χ4v) is 4.85. The Balaban J connectivity index is 1.76. The third-order valence-corrected chi connectivity index (χ3v) is 6.88. The second-order valence-electron chi connectivity index (χ2n) is 10.2. The van der Waals surface area contributed by atoms with Gasteiger partial charge in [0, 0.05) is 38.9 Å². The Labute approximate surface area is 189 Å². The number of rotatable bonds is 1. The molecule has 0 amide bonds. The number of likely N-dealkylation sites (N-methyl/N-ethyl adjacent to an activating group) is 1. The maximum Gasteiger partial charge on any atom is 0.228 e. The van der Waals surface area contributed by atoms with Crippen molar-refractivity contribution in [3.63, 3.8) is 0 Å². The number of anilines is 1. The molecule has 0 aromatic heterocycles. The van der Waals surface area contributed by atoms with Crippen LogP contribution in [0.15, 0.2) is 59.6 Å². The van der Waals surface area contributed by atoms with Gasteiger partial charge in [0.05, 0.1) is 17.2 Å². The topological polar surface area (TPSA) is 50.9 Å². The van der Waals surface area contributed by atoms with E-state index in [2.05, 4.69) is 36.9 Å². The van der Waals surface area contributed by atoms with E-state index >= 15 is 0 Å². The molecular weight excluding hydrogens is 398 g/mol. The summed E-state index contributed by atoms with van der Waals surface area (Å²) in [4.78, 5) is 7.14. The minimum Gasteiger partial charge on any atom is -0.623 e. The van der Waals surface area contributed by atoms with E-state index in [9.17, 15) is 5.21 Å². The van der Waals surface area contributed by atoms with Crippen LogP contribution in [0.4, 0.5) is 11.4 Å². The number of aliphatic imine (C=N–C) groups is 1. The molecule has 2 aliphatic rings. The highest BCUT2D eigenvalue weighted by atomic mass is 16.5. The highest BCUT2D eigenvalue weighted by Gasteiger charge is 2.58. The molecule has 0 aliphatic carbocycles. The second-order valence-corrected chi connectivity index (χ2v) is 10.2. The highest BCUT2D eigenvalue weighted by molar-refractivity contribution is 6.04. The molecular formula is C27H29N3O2. The quantitative estimate of drug-likeness (QED) is 0.214. The van der Waals surface area contributed by atoms with Crippen molar-refractivity contribution in [2.45, 2.75) is 51.3 Å². The van der Waals surface area contributed by atoms with Crippen LogP contribution >= 0.6 is 0 Å². The van der Waals surface area contributed by atoms with Crippen molar-refractivity contribution < 1.29 is 9.48 Å². The highest BCUT2D eigenvalue weighted by Crippen LogP contribution is 2.54. The van der Waals surface area contributed by atoms with Crippen molar-refractivity contribution in [3.8, 4) is 5.75 Å². The summed E-state index contributed by atoms with van der Waals surface area (Å²) in [5, 5.41) is 14.9. The summed E-state index contributed by atoms with van der Waals surface area (Å²) < 4.78 is 7.91. The lowest BCUT2D eigenvalue weighted by atomic mass is 9.77. The van der Waals surface area contributed by atoms with Gasteiger partial charge in [-0.25, -0.2) is 4.74 Å². The summed E-state index contributed by atoms with van der Waals surface area (Å²) >= 11 is 0. The molecule has 0 bridgehead atoms. The minimum atomic E-state index is -0.801. The zero-order valence-corrected chi connectivity index (χ0v) is 19.5. The van der Waals surface area contributed by atoms with E-state index < -0.39 is 11.3 Å². The van der Waals surface area contributed by atoms with Crippen LogP contribution in [0.25, 0.3) is 10.8 Å². The Bertz CT molecular complexity index is 1300. The zero-order chi connectivity index (χ0) is 22.9. The lowest BCUT2D eigenvalue weighted by molar-refractivity contribution is -0.530. The summed E-state index contributed by atoms with van der Waals surface area (Å²) in [6.07, 6.45) is 3.57. The Morgan fingerprint density at radius 3 is 2.47 bits per heavy atom. The number of nitrogens with zero attached hydrogens (tertiary/aromatic N) is 3. The molecule has 0 saturated heterocycles. The summed E-state index contributed by atoms with van der Waals surface area (Å²) in [7, 11) is 2.05. The van der Waals surface area contributed by atoms with Crippen LogP contribution in [0.3, 0.4) is 0 Å². The van der Waals surface area contributed by atoms with E-state index in [1.165, 1.54) is 5.56 Å². The molecule has 0 radical (unpaired) electrons. The van der Waals surface area contributed by atoms with Crippen molar-refractivity contribution >= 4 is 34.6 Å². The smallest absolute Gasteiger partial charge is 0.228 e. The normalized spacial score (nSPS) is 21.6. The fourth-order valence-electron chi connectivity index (χ4n) is 4.85. The van der Waals surface area contributed by atoms with Crippen molar-refractivity contribution in [1.29, 1.82) is 0 Å². The molecule has 164 valence electrons. The van der Waals surface area contributed by atoms with E-state index in [0.717, 1.165) is 32.4 Å². The molecule has 1 unspecified atom stereocenters. The number of hydroxylamine groups is 1. The van der Waals surface area contributed by atoms with Crippen LogP contribution in [-0.2, 0) is 5.41 Å². The van der Waals surface area contributed by atoms with Crippen LogP contribution in [0.5, 0.6) is 5.75 Å². The first-order valence-electron chi connectivity index (χ1n) is 11.0. The molecule has 0 fully saturated rings. The lowest BCUT2D eigenvalue weighted by Gasteiger charge is -2.45. The van der Waals surface area contributed by atoms with Crippen molar-refractivity contribution in [1.82, 2.24) is 0 Å². The van der Waals surface area contributed by atoms with Gasteiger partial charge >= 0.3 is 0 Å². The standard InChI is InChI=1S/C27H29N3O2/c1-25(2,3)30(31)16-19-15-18-11-7-8-12-20(18)23-24(19)32-27(17-28-23)26(4,5)21-13-9-10-14-22(21)29(27)6/h7-17H,1-6H3/b30-16-. The lowest BCUT2D eigenvalue weighted by Crippen LogP contribution is -2.61. The van der Waals surface area contributed by atoms with Crippen LogP contribution in [0.1, 0.15) is 45.7 Å². The van der Waals surface area contributed by atoms with Gasteiger partial charge in [0.1, 0.15) is 5.69 Å². The van der Waals surface area contributed by atoms with Gasteiger partial charge in [-0.2, -0.15) is 0 Å². The Morgan fingerprint density at radius 1 is 1.06 bits per heavy atom. The monoisotopic (exact) mass is 427 g/mol. The van der Waals surface area contributed by atoms with Crippen molar-refractivity contribution in [2.24, 2.45) is 4.99 Å². The van der Waals surface area contributed by atoms with Gasteiger partial charge in [-0.3, -0.25) is 4.99 Å². The number of hydrogen-bond acceptors (Lipinski definition) is 4. The molecule has 5 rings (SSSR count). The largest absolute Gasteiger partial charge is 0.623 e. The Hall–Kier alpha value is -3.34. The number of fused-ring (bicyclic) bond motifs is 4. The predicted molar refractivity (Wildman–Crippen MR) is 132 cm³/mol. The Morgan fingerprint density at radius 2 is 1.75 bits per heavy atom. The first kappa shape index (κ1) is 20.6. The van der Waals surface area contributed by atoms with Gasteiger partial charge < -0.3 is 14.8 Å². The summed E-state index contributed by atoms with van der Waals surface area (Å²) in [5.41, 5.74) is 2.12. The number of hydrogen-bond donors (Lipinski definition) is 0. The van der Waals surface area contributed by atoms with E-state index in [0.29, 0.717) is 5.75 Å². The van der Waals surface area contributed by atoms with E-state index in [4.69, 9.17) is 9.73 Å². The third-order valence-electron chi connectivity index (χ3n) is 6.88. The molecule has 5 nitrogen and oxygen atoms in total. The molecule has 1 atom stereocenters. The SMILES string of the molecule is CN1c2ccccc2C(C)(C)C12C=Nc1c(c(/C=[N+](\[O-])C(C)(C)C)cc3ccccc13)O2. The first-order valence-corrected chi connectivity index (χ1v) is 11.0. The fraction of sp³-hybridized carbons (Fsp3) is 0.333. The maximum atomic E-state index is 12.9. The van der Waals surface area contributed by atoms with Gasteiger partial charge in [-0.15, -0.1) is 0 Å². The van der Waals surface area contributed by atoms with Crippen LogP contribution in [0, 0.1) is 5.21 Å². The zero-order valence-electron chi connectivity index (χ0n) is 19.5. The third kappa shape index (κ3) is 2.70. The molecule has 0 N–H and O–H groups in total. The molecule has 32 heavy (non-hydrogen) atoms. The molecule has 3 aromatic rings. The van der Waals surface area contributed by atoms with Crippen LogP contribution < -0.4 is 9.64 Å². The van der Waals surface area contributed by atoms with Crippen LogP contribution in [-0.4, -0.2) is 35.5 Å². The molecule has 2 aliphatic heterocycles. The average molecular weight is 428 g/mol. The molecule has 2 heterocycles. The van der Waals surface area contributed by atoms with Crippen molar-refractivity contribution in [2.75, 3.05) is 11.9 Å². The first-order chi connectivity index (χ1) is 15.1. The van der Waals surface area contributed by atoms with Gasteiger partial charge in [0.25, 0.3) is 0 Å². The number of benzene rings is 3. The average Bonchev–Trinajstić information content (AvgIpc) is 2.92. The van der Waals surface area contributed by atoms with Gasteiger partial charge in [-0.1, -0.05) is 42.5 Å². The summed E-state index contributed by atoms with van der Waals surface area (Å²) in [6, 6.07) is 18.5. The predicted octanol–water partition coefficient (Wildman–Crippen LogP) is 5.79. The maximum absolute atomic E-state index is 12.9. The Kier molecular flexibility index (Phi) is 4.23. The summed E-state index contributed by atoms with van der Waals surface area (Å²) in [6.45, 7) is 10.1. The number of para-hydroxylation sites is 1. The van der Waals surface area contributed by atoms with E-state index in [1.54, 1.807) is 6.21 Å². The van der Waals surface area contributed by atoms with Gasteiger partial charge in [0.15, 0.2) is 17.5 Å². The van der Waals surface area contributed by atoms with Crippen LogP contribution in [0.2, 0.25) is 0 Å². The minimum absolute atomic E-state index is 0.358. The molecule has 0 saturated carbocycles. The van der Waals surface area contributed by atoms with E-state index in [1.807, 2.05) is 70.4 Å². The van der Waals surface area contributed by atoms with Crippen molar-refractivity contribution in [3.05, 3.63) is 70.9 Å². The van der Waals surface area contributed by atoms with Gasteiger partial charge in [0.2, 0.25) is 5.72 Å². The number of ether oxygens (including phenoxy) is 1.